The lowest BCUT2D eigenvalue weighted by molar-refractivity contribution is 0.184. The summed E-state index contributed by atoms with van der Waals surface area (Å²) in [5, 5.41) is 6.95. The highest BCUT2D eigenvalue weighted by Crippen LogP contribution is 2.27. The average molecular weight is 230 g/mol. The highest BCUT2D eigenvalue weighted by Gasteiger charge is 2.28. The van der Waals surface area contributed by atoms with Crippen LogP contribution in [0.3, 0.4) is 0 Å². The minimum Gasteiger partial charge on any atom is -0.355 e. The van der Waals surface area contributed by atoms with Crippen LogP contribution in [0.25, 0.3) is 0 Å². The van der Waals surface area contributed by atoms with Crippen molar-refractivity contribution < 1.29 is 0 Å². The van der Waals surface area contributed by atoms with Crippen molar-refractivity contribution in [3.63, 3.8) is 0 Å². The Balaban J connectivity index is 2.73. The summed E-state index contributed by atoms with van der Waals surface area (Å²) in [6, 6.07) is 0.560. The van der Waals surface area contributed by atoms with E-state index in [4.69, 9.17) is 17.0 Å². The Labute approximate surface area is 97.0 Å². The monoisotopic (exact) mass is 229 g/mol. The maximum Gasteiger partial charge on any atom is 0.216 e. The van der Waals surface area contributed by atoms with Crippen molar-refractivity contribution >= 4 is 23.2 Å². The van der Waals surface area contributed by atoms with Crippen LogP contribution in [-0.4, -0.2) is 28.1 Å². The molecule has 1 aliphatic carbocycles. The van der Waals surface area contributed by atoms with Crippen molar-refractivity contribution in [1.82, 2.24) is 4.90 Å². The largest absolute Gasteiger partial charge is 0.355 e. The number of hydrogen-bond acceptors (Lipinski definition) is 1. The van der Waals surface area contributed by atoms with Gasteiger partial charge in [0.1, 0.15) is 0 Å². The molecule has 0 amide bonds. The Morgan fingerprint density at radius 3 is 2.33 bits per heavy atom. The lowest BCUT2D eigenvalue weighted by atomic mass is 10.0. The molecule has 0 radical (unpaired) electrons. The van der Waals surface area contributed by atoms with Crippen LogP contribution >= 0.6 is 11.6 Å². The molecule has 15 heavy (non-hydrogen) atoms. The predicted molar refractivity (Wildman–Crippen MR) is 65.9 cm³/mol. The quantitative estimate of drug-likeness (QED) is 0.441. The third-order valence-electron chi connectivity index (χ3n) is 2.79. The molecule has 0 bridgehead atoms. The van der Waals surface area contributed by atoms with Crippen LogP contribution in [0.4, 0.5) is 0 Å². The Bertz CT molecular complexity index is 249. The number of aliphatic imine (C=N–C) groups is 1. The zero-order valence-electron chi connectivity index (χ0n) is 9.76. The topological polar surface area (TPSA) is 39.5 Å². The van der Waals surface area contributed by atoms with Gasteiger partial charge in [-0.05, 0) is 45.2 Å². The third kappa shape index (κ3) is 3.82. The summed E-state index contributed by atoms with van der Waals surface area (Å²) in [5.74, 6) is 0. The van der Waals surface area contributed by atoms with E-state index in [2.05, 4.69) is 30.7 Å². The molecule has 1 rings (SSSR count). The number of rotatable bonds is 2. The molecule has 0 unspecified atom stereocenters. The summed E-state index contributed by atoms with van der Waals surface area (Å²) >= 11 is 5.44. The van der Waals surface area contributed by atoms with E-state index in [0.29, 0.717) is 6.04 Å². The second kappa shape index (κ2) is 4.97. The molecule has 86 valence electrons. The first-order chi connectivity index (χ1) is 6.91. The van der Waals surface area contributed by atoms with Crippen LogP contribution in [0.5, 0.6) is 0 Å². The van der Waals surface area contributed by atoms with Gasteiger partial charge >= 0.3 is 0 Å². The van der Waals surface area contributed by atoms with Gasteiger partial charge in [-0.1, -0.05) is 12.8 Å². The minimum absolute atomic E-state index is 0.0465. The molecule has 0 aliphatic heterocycles. The van der Waals surface area contributed by atoms with Crippen molar-refractivity contribution in [1.29, 1.82) is 5.41 Å². The van der Waals surface area contributed by atoms with Crippen molar-refractivity contribution in [3.8, 4) is 0 Å². The number of nitrogens with one attached hydrogen (secondary N) is 1. The number of hydrogen-bond donors (Lipinski definition) is 1. The van der Waals surface area contributed by atoms with Gasteiger partial charge in [-0.15, -0.1) is 0 Å². The molecule has 1 saturated carbocycles. The lowest BCUT2D eigenvalue weighted by Gasteiger charge is -2.38. The van der Waals surface area contributed by atoms with Gasteiger partial charge in [-0.25, -0.2) is 4.99 Å². The maximum atomic E-state index is 7.10. The molecule has 0 saturated heterocycles. The Morgan fingerprint density at radius 2 is 1.93 bits per heavy atom. The van der Waals surface area contributed by atoms with E-state index in [-0.39, 0.29) is 10.8 Å². The summed E-state index contributed by atoms with van der Waals surface area (Å²) in [6.07, 6.45) is 6.76. The predicted octanol–water partition coefficient (Wildman–Crippen LogP) is 3.23. The second-order valence-electron chi connectivity index (χ2n) is 5.05. The molecule has 0 heterocycles. The molecular formula is C11H20ClN3. The van der Waals surface area contributed by atoms with Crippen LogP contribution in [0, 0.1) is 5.41 Å². The van der Waals surface area contributed by atoms with Crippen LogP contribution in [0.2, 0.25) is 0 Å². The van der Waals surface area contributed by atoms with Gasteiger partial charge < -0.3 is 4.90 Å². The molecule has 0 spiro atoms. The van der Waals surface area contributed by atoms with E-state index in [9.17, 15) is 0 Å². The Hall–Kier alpha value is -0.570. The van der Waals surface area contributed by atoms with Gasteiger partial charge in [-0.2, -0.15) is 0 Å². The summed E-state index contributed by atoms with van der Waals surface area (Å²) in [6.45, 7) is 6.49. The van der Waals surface area contributed by atoms with E-state index < -0.39 is 0 Å². The molecule has 0 aromatic rings. The fourth-order valence-corrected chi connectivity index (χ4v) is 2.15. The van der Waals surface area contributed by atoms with Gasteiger partial charge in [0.15, 0.2) is 0 Å². The van der Waals surface area contributed by atoms with Crippen molar-refractivity contribution in [2.24, 2.45) is 4.99 Å². The first-order valence-electron chi connectivity index (χ1n) is 5.48. The Kier molecular flexibility index (Phi) is 4.14. The van der Waals surface area contributed by atoms with Crippen LogP contribution < -0.4 is 0 Å². The third-order valence-corrected chi connectivity index (χ3v) is 2.89. The van der Waals surface area contributed by atoms with Crippen molar-refractivity contribution in [2.75, 3.05) is 0 Å². The first-order valence-corrected chi connectivity index (χ1v) is 5.86. The van der Waals surface area contributed by atoms with Gasteiger partial charge in [0, 0.05) is 11.6 Å². The maximum absolute atomic E-state index is 7.10. The highest BCUT2D eigenvalue weighted by atomic mass is 35.5. The molecule has 1 fully saturated rings. The van der Waals surface area contributed by atoms with Gasteiger partial charge in [0.05, 0.1) is 6.34 Å². The molecule has 0 aromatic carbocycles. The standard InChI is InChI=1S/C11H20ClN3/c1-11(2,3)15(8-14-10(12)13)9-6-4-5-7-9/h8-9,13H,4-7H2,1-3H3/b13-10?,14-8+. The van der Waals surface area contributed by atoms with E-state index >= 15 is 0 Å². The Morgan fingerprint density at radius 1 is 1.40 bits per heavy atom. The number of nitrogens with zero attached hydrogens (tertiary/aromatic N) is 2. The molecule has 4 heteroatoms. The molecule has 0 aromatic heterocycles. The summed E-state index contributed by atoms with van der Waals surface area (Å²) in [4.78, 5) is 6.12. The van der Waals surface area contributed by atoms with E-state index in [1.165, 1.54) is 25.7 Å². The van der Waals surface area contributed by atoms with Gasteiger partial charge in [0.2, 0.25) is 5.29 Å². The zero-order chi connectivity index (χ0) is 11.5. The smallest absolute Gasteiger partial charge is 0.216 e. The minimum atomic E-state index is -0.151. The lowest BCUT2D eigenvalue weighted by Crippen LogP contribution is -2.46. The number of amidine groups is 1. The zero-order valence-corrected chi connectivity index (χ0v) is 10.5. The SMILES string of the molecule is CC(C)(C)N(/C=N/C(=N)Cl)C1CCCC1. The molecule has 1 aliphatic rings. The van der Waals surface area contributed by atoms with Gasteiger partial charge in [-0.3, -0.25) is 5.41 Å². The van der Waals surface area contributed by atoms with E-state index in [0.717, 1.165) is 0 Å². The first kappa shape index (κ1) is 12.5. The fourth-order valence-electron chi connectivity index (χ4n) is 2.11. The van der Waals surface area contributed by atoms with Crippen LogP contribution in [0.15, 0.2) is 4.99 Å². The fraction of sp³-hybridized carbons (Fsp3) is 0.818. The normalized spacial score (nSPS) is 18.7. The summed E-state index contributed by atoms with van der Waals surface area (Å²) < 4.78 is 0. The van der Waals surface area contributed by atoms with Crippen molar-refractivity contribution in [2.45, 2.75) is 58.0 Å². The molecular weight excluding hydrogens is 210 g/mol. The highest BCUT2D eigenvalue weighted by molar-refractivity contribution is 6.64. The second-order valence-corrected chi connectivity index (χ2v) is 5.41. The summed E-state index contributed by atoms with van der Waals surface area (Å²) in [5.41, 5.74) is 0.0465. The average Bonchev–Trinajstić information content (AvgIpc) is 2.54. The van der Waals surface area contributed by atoms with E-state index in [1.807, 2.05) is 0 Å². The van der Waals surface area contributed by atoms with Crippen LogP contribution in [0.1, 0.15) is 46.5 Å². The molecule has 1 N–H and O–H groups in total. The number of halogens is 1. The van der Waals surface area contributed by atoms with Crippen LogP contribution in [-0.2, 0) is 0 Å². The molecule has 0 atom stereocenters. The van der Waals surface area contributed by atoms with Gasteiger partial charge in [0.25, 0.3) is 0 Å². The summed E-state index contributed by atoms with van der Waals surface area (Å²) in [7, 11) is 0. The van der Waals surface area contributed by atoms with Crippen molar-refractivity contribution in [3.05, 3.63) is 0 Å². The molecule has 3 nitrogen and oxygen atoms in total. The van der Waals surface area contributed by atoms with E-state index in [1.54, 1.807) is 6.34 Å².